The van der Waals surface area contributed by atoms with Crippen molar-refractivity contribution in [3.8, 4) is 5.69 Å². The zero-order chi connectivity index (χ0) is 35.1. The lowest BCUT2D eigenvalue weighted by molar-refractivity contribution is -0.145. The van der Waals surface area contributed by atoms with Crippen molar-refractivity contribution in [3.05, 3.63) is 114 Å². The maximum atomic E-state index is 13.7. The number of carbonyl (C=O) groups excluding carboxylic acids is 5. The number of alkyl carbamates (subject to hydrolysis) is 1. The third-order valence-electron chi connectivity index (χ3n) is 7.92. The second-order valence-electron chi connectivity index (χ2n) is 11.6. The molecular weight excluding hydrogens is 642 g/mol. The molecule has 4 aromatic rings. The van der Waals surface area contributed by atoms with Gasteiger partial charge in [0.15, 0.2) is 0 Å². The highest BCUT2D eigenvalue weighted by atomic mass is 16.5. The normalized spacial score (nSPS) is 16.1. The maximum Gasteiger partial charge on any atom is 0.407 e. The lowest BCUT2D eigenvalue weighted by Gasteiger charge is -2.23. The fraction of sp³-hybridized carbons (Fsp3) is 0.306. The third kappa shape index (κ3) is 10.5. The topological polar surface area (TPSA) is 183 Å². The quantitative estimate of drug-likeness (QED) is 0.129. The molecule has 0 radical (unpaired) electrons. The van der Waals surface area contributed by atoms with Gasteiger partial charge < -0.3 is 30.7 Å². The van der Waals surface area contributed by atoms with Crippen LogP contribution in [0.1, 0.15) is 59.3 Å². The van der Waals surface area contributed by atoms with Gasteiger partial charge in [-0.25, -0.2) is 9.48 Å². The molecule has 5 rings (SSSR count). The first-order valence-electron chi connectivity index (χ1n) is 16.4. The Hall–Kier alpha value is -6.05. The van der Waals surface area contributed by atoms with E-state index in [0.717, 1.165) is 11.1 Å². The molecule has 2 heterocycles. The van der Waals surface area contributed by atoms with Crippen molar-refractivity contribution in [1.29, 1.82) is 0 Å². The highest BCUT2D eigenvalue weighted by Crippen LogP contribution is 2.16. The highest BCUT2D eigenvalue weighted by Gasteiger charge is 2.29. The summed E-state index contributed by atoms with van der Waals surface area (Å²) in [7, 11) is 0. The molecule has 4 N–H and O–H groups in total. The summed E-state index contributed by atoms with van der Waals surface area (Å²) in [4.78, 5) is 65.4. The van der Waals surface area contributed by atoms with Crippen molar-refractivity contribution in [2.75, 3.05) is 6.54 Å². The molecular formula is C36H39N7O7. The smallest absolute Gasteiger partial charge is 0.407 e. The van der Waals surface area contributed by atoms with E-state index in [-0.39, 0.29) is 44.6 Å². The predicted molar refractivity (Wildman–Crippen MR) is 180 cm³/mol. The summed E-state index contributed by atoms with van der Waals surface area (Å²) in [6.07, 6.45) is 1.99. The first kappa shape index (κ1) is 35.3. The van der Waals surface area contributed by atoms with Gasteiger partial charge in [-0.3, -0.25) is 19.2 Å². The molecule has 260 valence electrons. The molecule has 3 aromatic carbocycles. The minimum atomic E-state index is -1.18. The zero-order valence-electron chi connectivity index (χ0n) is 27.4. The number of para-hydroxylation sites is 1. The third-order valence-corrected chi connectivity index (χ3v) is 7.92. The molecule has 0 fully saturated rings. The number of hydrogen-bond donors (Lipinski definition) is 4. The molecule has 0 saturated carbocycles. The van der Waals surface area contributed by atoms with Crippen LogP contribution in [0.3, 0.4) is 0 Å². The molecule has 0 spiro atoms. The Labute approximate surface area is 288 Å². The molecule has 1 aliphatic heterocycles. The van der Waals surface area contributed by atoms with E-state index in [0.29, 0.717) is 30.8 Å². The van der Waals surface area contributed by atoms with Gasteiger partial charge >= 0.3 is 12.1 Å². The molecule has 2 bridgehead atoms. The van der Waals surface area contributed by atoms with E-state index in [1.54, 1.807) is 30.5 Å². The number of carbonyl (C=O) groups is 5. The molecule has 0 saturated heterocycles. The van der Waals surface area contributed by atoms with E-state index < -0.39 is 41.9 Å². The molecule has 0 unspecified atom stereocenters. The van der Waals surface area contributed by atoms with Gasteiger partial charge in [-0.15, -0.1) is 5.10 Å². The summed E-state index contributed by atoms with van der Waals surface area (Å²) < 4.78 is 12.0. The number of unbranched alkanes of at least 4 members (excludes halogenated alkanes) is 1. The predicted octanol–water partition coefficient (Wildman–Crippen LogP) is 3.10. The SMILES string of the molecule is O=C(CC[C@@H]1NC(=O)c2ccccc2-n2cc(nn2)CNC(=O)[C@H](CCCCNC(=O)OCc2ccccc2)NC1=O)OCc1ccccc1. The summed E-state index contributed by atoms with van der Waals surface area (Å²) >= 11 is 0. The van der Waals surface area contributed by atoms with Gasteiger partial charge in [-0.05, 0) is 48.9 Å². The number of esters is 1. The molecule has 2 atom stereocenters. The van der Waals surface area contributed by atoms with Gasteiger partial charge in [0.05, 0.1) is 24.0 Å². The molecule has 1 aromatic heterocycles. The maximum absolute atomic E-state index is 13.7. The van der Waals surface area contributed by atoms with Crippen LogP contribution in [-0.4, -0.2) is 63.4 Å². The van der Waals surface area contributed by atoms with Gasteiger partial charge in [-0.1, -0.05) is 78.0 Å². The standard InChI is InChI=1S/C36H39N7O7/c44-32(49-23-25-11-3-1-4-12-25)19-18-30-35(47)40-29(16-9-10-20-37-36(48)50-24-26-13-5-2-6-14-26)34(46)38-21-27-22-43(42-41-27)31-17-8-7-15-28(31)33(45)39-30/h1-8,11-15,17,22,29-30H,9-10,16,18-21,23-24H2,(H,37,48)(H,38,46)(H,39,45)(H,40,47)/t29-,30-/m0/s1. The summed E-state index contributed by atoms with van der Waals surface area (Å²) in [6, 6.07) is 23.0. The van der Waals surface area contributed by atoms with Crippen LogP contribution in [-0.2, 0) is 43.6 Å². The highest BCUT2D eigenvalue weighted by molar-refractivity contribution is 6.01. The Kier molecular flexibility index (Phi) is 12.6. The number of benzene rings is 3. The van der Waals surface area contributed by atoms with Crippen LogP contribution in [0, 0.1) is 0 Å². The second-order valence-corrected chi connectivity index (χ2v) is 11.6. The molecule has 1 aliphatic rings. The summed E-state index contributed by atoms with van der Waals surface area (Å²) in [5, 5.41) is 19.2. The average Bonchev–Trinajstić information content (AvgIpc) is 3.62. The van der Waals surface area contributed by atoms with Gasteiger partial charge in [0.1, 0.15) is 31.0 Å². The van der Waals surface area contributed by atoms with Crippen molar-refractivity contribution >= 4 is 29.8 Å². The Morgan fingerprint density at radius 2 is 1.44 bits per heavy atom. The largest absolute Gasteiger partial charge is 0.461 e. The van der Waals surface area contributed by atoms with E-state index in [4.69, 9.17) is 9.47 Å². The summed E-state index contributed by atoms with van der Waals surface area (Å²) in [5.41, 5.74) is 2.78. The number of ether oxygens (including phenoxy) is 2. The lowest BCUT2D eigenvalue weighted by atomic mass is 10.1. The Morgan fingerprint density at radius 1 is 0.780 bits per heavy atom. The van der Waals surface area contributed by atoms with Crippen molar-refractivity contribution in [3.63, 3.8) is 0 Å². The number of aromatic nitrogens is 3. The molecule has 14 heteroatoms. The van der Waals surface area contributed by atoms with E-state index in [2.05, 4.69) is 31.6 Å². The first-order valence-corrected chi connectivity index (χ1v) is 16.4. The summed E-state index contributed by atoms with van der Waals surface area (Å²) in [5.74, 6) is -2.22. The van der Waals surface area contributed by atoms with Crippen molar-refractivity contribution in [1.82, 2.24) is 36.3 Å². The van der Waals surface area contributed by atoms with E-state index in [9.17, 15) is 24.0 Å². The van der Waals surface area contributed by atoms with Crippen LogP contribution < -0.4 is 21.3 Å². The number of rotatable bonds is 12. The molecule has 4 amide bonds. The minimum Gasteiger partial charge on any atom is -0.461 e. The van der Waals surface area contributed by atoms with E-state index in [1.807, 2.05) is 60.7 Å². The molecule has 0 aliphatic carbocycles. The van der Waals surface area contributed by atoms with Gasteiger partial charge in [0.2, 0.25) is 11.8 Å². The van der Waals surface area contributed by atoms with E-state index in [1.165, 1.54) is 4.68 Å². The van der Waals surface area contributed by atoms with Crippen molar-refractivity contribution < 1.29 is 33.4 Å². The fourth-order valence-corrected chi connectivity index (χ4v) is 5.22. The van der Waals surface area contributed by atoms with Crippen LogP contribution >= 0.6 is 0 Å². The molecule has 14 nitrogen and oxygen atoms in total. The number of hydrogen-bond acceptors (Lipinski definition) is 9. The summed E-state index contributed by atoms with van der Waals surface area (Å²) in [6.45, 7) is 0.536. The van der Waals surface area contributed by atoms with Crippen LogP contribution in [0.15, 0.2) is 91.1 Å². The van der Waals surface area contributed by atoms with Crippen molar-refractivity contribution in [2.24, 2.45) is 0 Å². The number of amides is 4. The van der Waals surface area contributed by atoms with Crippen LogP contribution in [0.5, 0.6) is 0 Å². The zero-order valence-corrected chi connectivity index (χ0v) is 27.4. The van der Waals surface area contributed by atoms with Gasteiger partial charge in [0.25, 0.3) is 5.91 Å². The van der Waals surface area contributed by atoms with Crippen LogP contribution in [0.4, 0.5) is 4.79 Å². The monoisotopic (exact) mass is 681 g/mol. The van der Waals surface area contributed by atoms with Crippen LogP contribution in [0.2, 0.25) is 0 Å². The number of fused-ring (bicyclic) bond motifs is 4. The van der Waals surface area contributed by atoms with Crippen molar-refractivity contribution in [2.45, 2.75) is 63.9 Å². The number of nitrogens with one attached hydrogen (secondary N) is 4. The van der Waals surface area contributed by atoms with Gasteiger partial charge in [0, 0.05) is 13.0 Å². The first-order chi connectivity index (χ1) is 24.4. The minimum absolute atomic E-state index is 0.0328. The Bertz CT molecular complexity index is 1760. The fourth-order valence-electron chi connectivity index (χ4n) is 5.22. The Balaban J connectivity index is 1.23. The average molecular weight is 682 g/mol. The van der Waals surface area contributed by atoms with Crippen LogP contribution in [0.25, 0.3) is 5.69 Å². The number of nitrogens with zero attached hydrogens (tertiary/aromatic N) is 3. The lowest BCUT2D eigenvalue weighted by Crippen LogP contribution is -2.54. The van der Waals surface area contributed by atoms with E-state index >= 15 is 0 Å². The Morgan fingerprint density at radius 3 is 2.18 bits per heavy atom. The van der Waals surface area contributed by atoms with Gasteiger partial charge in [-0.2, -0.15) is 0 Å². The molecule has 50 heavy (non-hydrogen) atoms. The second kappa shape index (κ2) is 17.9.